The van der Waals surface area contributed by atoms with Crippen molar-refractivity contribution in [3.63, 3.8) is 0 Å². The molecule has 0 amide bonds. The molecule has 0 aromatic heterocycles. The second kappa shape index (κ2) is 7.02. The van der Waals surface area contributed by atoms with Crippen LogP contribution in [0.4, 0.5) is 0 Å². The van der Waals surface area contributed by atoms with Crippen LogP contribution in [-0.2, 0) is 16.4 Å². The molecule has 1 unspecified atom stereocenters. The minimum Gasteiger partial charge on any atom is -0.311 e. The second-order valence-corrected chi connectivity index (χ2v) is 8.23. The smallest absolute Gasteiger partial charge is 0.192 e. The van der Waals surface area contributed by atoms with E-state index >= 15 is 0 Å². The highest BCUT2D eigenvalue weighted by molar-refractivity contribution is 9.11. The summed E-state index contributed by atoms with van der Waals surface area (Å²) in [5.41, 5.74) is 1.13. The van der Waals surface area contributed by atoms with Gasteiger partial charge < -0.3 is 5.32 Å². The van der Waals surface area contributed by atoms with Crippen molar-refractivity contribution in [3.8, 4) is 0 Å². The zero-order chi connectivity index (χ0) is 14.4. The van der Waals surface area contributed by atoms with E-state index in [1.54, 1.807) is 30.3 Å². The molecular formula is C15H16BrNO2S. The fourth-order valence-corrected chi connectivity index (χ4v) is 3.84. The van der Waals surface area contributed by atoms with Crippen molar-refractivity contribution in [2.45, 2.75) is 15.6 Å². The Balaban J connectivity index is 1.93. The fourth-order valence-electron chi connectivity index (χ4n) is 1.79. The summed E-state index contributed by atoms with van der Waals surface area (Å²) in [6, 6.07) is 18.4. The Hall–Kier alpha value is -1.17. The Labute approximate surface area is 128 Å². The SMILES string of the molecule is O=S(=O)(c1ccccc1)C(Br)CNCc1ccccc1. The summed E-state index contributed by atoms with van der Waals surface area (Å²) in [6.45, 7) is 0.999. The van der Waals surface area contributed by atoms with Crippen LogP contribution < -0.4 is 5.32 Å². The highest BCUT2D eigenvalue weighted by atomic mass is 79.9. The number of sulfone groups is 1. The van der Waals surface area contributed by atoms with Gasteiger partial charge in [-0.25, -0.2) is 8.42 Å². The summed E-state index contributed by atoms with van der Waals surface area (Å²) in [5, 5.41) is 3.15. The highest BCUT2D eigenvalue weighted by Crippen LogP contribution is 2.19. The average Bonchev–Trinajstić information content (AvgIpc) is 2.49. The molecule has 20 heavy (non-hydrogen) atoms. The molecule has 0 saturated carbocycles. The lowest BCUT2D eigenvalue weighted by Crippen LogP contribution is -2.28. The zero-order valence-corrected chi connectivity index (χ0v) is 13.3. The number of rotatable bonds is 6. The summed E-state index contributed by atoms with van der Waals surface area (Å²) in [5.74, 6) is 0. The van der Waals surface area contributed by atoms with E-state index < -0.39 is 14.0 Å². The van der Waals surface area contributed by atoms with Gasteiger partial charge >= 0.3 is 0 Å². The lowest BCUT2D eigenvalue weighted by Gasteiger charge is -2.12. The van der Waals surface area contributed by atoms with Crippen molar-refractivity contribution >= 4 is 25.8 Å². The molecule has 0 aliphatic carbocycles. The van der Waals surface area contributed by atoms with Crippen LogP contribution >= 0.6 is 15.9 Å². The van der Waals surface area contributed by atoms with Gasteiger partial charge in [0.2, 0.25) is 0 Å². The number of benzene rings is 2. The molecule has 0 spiro atoms. The maximum Gasteiger partial charge on any atom is 0.192 e. The first kappa shape index (κ1) is 15.2. The third kappa shape index (κ3) is 3.91. The molecule has 2 aromatic carbocycles. The summed E-state index contributed by atoms with van der Waals surface area (Å²) < 4.78 is 23.9. The topological polar surface area (TPSA) is 46.2 Å². The summed E-state index contributed by atoms with van der Waals surface area (Å²) in [6.07, 6.45) is 0. The van der Waals surface area contributed by atoms with E-state index in [-0.39, 0.29) is 0 Å². The Kier molecular flexibility index (Phi) is 5.34. The van der Waals surface area contributed by atoms with E-state index in [1.807, 2.05) is 30.3 Å². The maximum absolute atomic E-state index is 12.3. The Bertz CT molecular complexity index is 629. The normalized spacial score (nSPS) is 13.1. The molecular weight excluding hydrogens is 338 g/mol. The van der Waals surface area contributed by atoms with Crippen LogP contribution in [0.1, 0.15) is 5.56 Å². The molecule has 0 aliphatic heterocycles. The summed E-state index contributed by atoms with van der Waals surface area (Å²) in [7, 11) is -3.34. The van der Waals surface area contributed by atoms with Crippen molar-refractivity contribution in [1.29, 1.82) is 0 Å². The van der Waals surface area contributed by atoms with Gasteiger partial charge in [-0.15, -0.1) is 0 Å². The monoisotopic (exact) mass is 353 g/mol. The summed E-state index contributed by atoms with van der Waals surface area (Å²) in [4.78, 5) is 0.336. The predicted molar refractivity (Wildman–Crippen MR) is 84.5 cm³/mol. The average molecular weight is 354 g/mol. The van der Waals surface area contributed by atoms with Crippen LogP contribution in [0.25, 0.3) is 0 Å². The minimum absolute atomic E-state index is 0.336. The quantitative estimate of drug-likeness (QED) is 0.812. The van der Waals surface area contributed by atoms with Gasteiger partial charge in [0, 0.05) is 13.1 Å². The lowest BCUT2D eigenvalue weighted by atomic mass is 10.2. The largest absolute Gasteiger partial charge is 0.311 e. The third-order valence-corrected chi connectivity index (χ3v) is 6.45. The number of nitrogens with one attached hydrogen (secondary N) is 1. The third-order valence-electron chi connectivity index (χ3n) is 2.89. The van der Waals surface area contributed by atoms with Crippen LogP contribution in [0.2, 0.25) is 0 Å². The molecule has 1 N–H and O–H groups in total. The van der Waals surface area contributed by atoms with Gasteiger partial charge in [0.25, 0.3) is 0 Å². The van der Waals surface area contributed by atoms with E-state index in [1.165, 1.54) is 0 Å². The Morgan fingerprint density at radius 1 is 0.950 bits per heavy atom. The first-order valence-electron chi connectivity index (χ1n) is 6.28. The molecule has 0 radical (unpaired) electrons. The second-order valence-electron chi connectivity index (χ2n) is 4.38. The van der Waals surface area contributed by atoms with E-state index in [0.29, 0.717) is 18.0 Å². The van der Waals surface area contributed by atoms with Crippen LogP contribution in [0.5, 0.6) is 0 Å². The molecule has 0 heterocycles. The van der Waals surface area contributed by atoms with Gasteiger partial charge in [-0.05, 0) is 17.7 Å². The van der Waals surface area contributed by atoms with Crippen molar-refractivity contribution in [2.75, 3.05) is 6.54 Å². The van der Waals surface area contributed by atoms with Gasteiger partial charge in [-0.2, -0.15) is 0 Å². The number of alkyl halides is 1. The molecule has 3 nitrogen and oxygen atoms in total. The Morgan fingerprint density at radius 3 is 2.10 bits per heavy atom. The van der Waals surface area contributed by atoms with Gasteiger partial charge in [-0.3, -0.25) is 0 Å². The van der Waals surface area contributed by atoms with E-state index in [4.69, 9.17) is 0 Å². The summed E-state index contributed by atoms with van der Waals surface area (Å²) >= 11 is 3.26. The van der Waals surface area contributed by atoms with Gasteiger partial charge in [-0.1, -0.05) is 64.5 Å². The minimum atomic E-state index is -3.34. The predicted octanol–water partition coefficient (Wildman–Crippen LogP) is 2.97. The van der Waals surface area contributed by atoms with Crippen LogP contribution in [0.15, 0.2) is 65.6 Å². The van der Waals surface area contributed by atoms with E-state index in [9.17, 15) is 8.42 Å². The van der Waals surface area contributed by atoms with Crippen LogP contribution in [-0.4, -0.2) is 19.1 Å². The fraction of sp³-hybridized carbons (Fsp3) is 0.200. The first-order valence-corrected chi connectivity index (χ1v) is 8.74. The van der Waals surface area contributed by atoms with Crippen molar-refractivity contribution < 1.29 is 8.42 Å². The molecule has 5 heteroatoms. The standard InChI is InChI=1S/C15H16BrNO2S/c16-15(12-17-11-13-7-3-1-4-8-13)20(18,19)14-9-5-2-6-10-14/h1-10,15,17H,11-12H2. The molecule has 1 atom stereocenters. The van der Waals surface area contributed by atoms with Gasteiger partial charge in [0.1, 0.15) is 4.16 Å². The number of hydrogen-bond donors (Lipinski definition) is 1. The van der Waals surface area contributed by atoms with E-state index in [2.05, 4.69) is 21.2 Å². The van der Waals surface area contributed by atoms with Crippen LogP contribution in [0, 0.1) is 0 Å². The Morgan fingerprint density at radius 2 is 1.50 bits per heavy atom. The van der Waals surface area contributed by atoms with Gasteiger partial charge in [0.05, 0.1) is 4.90 Å². The van der Waals surface area contributed by atoms with Crippen LogP contribution in [0.3, 0.4) is 0 Å². The van der Waals surface area contributed by atoms with Gasteiger partial charge in [0.15, 0.2) is 9.84 Å². The molecule has 0 aliphatic rings. The molecule has 2 rings (SSSR count). The highest BCUT2D eigenvalue weighted by Gasteiger charge is 2.24. The lowest BCUT2D eigenvalue weighted by molar-refractivity contribution is 0.587. The molecule has 0 saturated heterocycles. The number of halogens is 1. The first-order chi connectivity index (χ1) is 9.60. The number of hydrogen-bond acceptors (Lipinski definition) is 3. The zero-order valence-electron chi connectivity index (χ0n) is 10.9. The van der Waals surface area contributed by atoms with Crippen molar-refractivity contribution in [1.82, 2.24) is 5.32 Å². The van der Waals surface area contributed by atoms with E-state index in [0.717, 1.165) is 5.56 Å². The molecule has 0 fully saturated rings. The maximum atomic E-state index is 12.3. The molecule has 106 valence electrons. The van der Waals surface area contributed by atoms with Crippen molar-refractivity contribution in [3.05, 3.63) is 66.2 Å². The molecule has 0 bridgehead atoms. The van der Waals surface area contributed by atoms with Crippen molar-refractivity contribution in [2.24, 2.45) is 0 Å². The molecule has 2 aromatic rings.